The average Bonchev–Trinajstić information content (AvgIpc) is 2.71. The minimum atomic E-state index is 0.162. The Kier molecular flexibility index (Phi) is 3.48. The van der Waals surface area contributed by atoms with E-state index < -0.39 is 0 Å². The van der Waals surface area contributed by atoms with Crippen molar-refractivity contribution in [3.05, 3.63) is 52.5 Å². The molecule has 0 radical (unpaired) electrons. The van der Waals surface area contributed by atoms with E-state index in [0.29, 0.717) is 0 Å². The molecule has 2 aromatic rings. The van der Waals surface area contributed by atoms with Crippen molar-refractivity contribution >= 4 is 11.3 Å². The monoisotopic (exact) mass is 218 g/mol. The van der Waals surface area contributed by atoms with E-state index in [1.165, 1.54) is 5.56 Å². The van der Waals surface area contributed by atoms with Crippen LogP contribution >= 0.6 is 11.3 Å². The van der Waals surface area contributed by atoms with Crippen molar-refractivity contribution in [2.24, 2.45) is 5.73 Å². The van der Waals surface area contributed by atoms with E-state index in [2.05, 4.69) is 22.5 Å². The smallest absolute Gasteiger partial charge is 0.0794 e. The molecule has 0 saturated heterocycles. The summed E-state index contributed by atoms with van der Waals surface area (Å²) >= 11 is 1.62. The Labute approximate surface area is 93.8 Å². The van der Waals surface area contributed by atoms with Crippen LogP contribution in [0.15, 0.2) is 41.2 Å². The highest BCUT2D eigenvalue weighted by molar-refractivity contribution is 7.07. The van der Waals surface area contributed by atoms with Gasteiger partial charge in [-0.25, -0.2) is 4.98 Å². The fraction of sp³-hybridized carbons (Fsp3) is 0.250. The molecule has 0 aliphatic carbocycles. The fourth-order valence-electron chi connectivity index (χ4n) is 1.60. The summed E-state index contributed by atoms with van der Waals surface area (Å²) in [5.74, 6) is 0. The molecule has 1 unspecified atom stereocenters. The van der Waals surface area contributed by atoms with Gasteiger partial charge in [0.2, 0.25) is 0 Å². The van der Waals surface area contributed by atoms with Gasteiger partial charge >= 0.3 is 0 Å². The van der Waals surface area contributed by atoms with Gasteiger partial charge in [0, 0.05) is 17.8 Å². The van der Waals surface area contributed by atoms with E-state index in [1.807, 2.05) is 23.7 Å². The zero-order valence-corrected chi connectivity index (χ0v) is 9.28. The van der Waals surface area contributed by atoms with Crippen molar-refractivity contribution in [3.63, 3.8) is 0 Å². The molecule has 0 bridgehead atoms. The Bertz CT molecular complexity index is 383. The lowest BCUT2D eigenvalue weighted by Crippen LogP contribution is -2.25. The minimum Gasteiger partial charge on any atom is -0.327 e. The lowest BCUT2D eigenvalue weighted by molar-refractivity contribution is 0.656. The van der Waals surface area contributed by atoms with E-state index in [1.54, 1.807) is 11.3 Å². The summed E-state index contributed by atoms with van der Waals surface area (Å²) < 4.78 is 0. The summed E-state index contributed by atoms with van der Waals surface area (Å²) in [7, 11) is 0. The molecule has 2 rings (SSSR count). The standard InChI is InChI=1S/C12H14N2S/c13-11(7-12-8-15-9-14-12)6-10-4-2-1-3-5-10/h1-5,8-9,11H,6-7,13H2. The van der Waals surface area contributed by atoms with Crippen molar-refractivity contribution in [2.75, 3.05) is 0 Å². The molecule has 78 valence electrons. The van der Waals surface area contributed by atoms with Crippen LogP contribution in [0.3, 0.4) is 0 Å². The molecule has 0 aliphatic heterocycles. The van der Waals surface area contributed by atoms with Crippen molar-refractivity contribution in [1.82, 2.24) is 4.98 Å². The zero-order valence-electron chi connectivity index (χ0n) is 8.47. The van der Waals surface area contributed by atoms with Gasteiger partial charge in [0.1, 0.15) is 0 Å². The SMILES string of the molecule is NC(Cc1ccccc1)Cc1cscn1. The van der Waals surface area contributed by atoms with Gasteiger partial charge < -0.3 is 5.73 Å². The minimum absolute atomic E-state index is 0.162. The molecule has 1 aromatic carbocycles. The number of nitrogens with two attached hydrogens (primary N) is 1. The molecule has 1 atom stereocenters. The maximum atomic E-state index is 6.06. The first-order valence-corrected chi connectivity index (χ1v) is 5.95. The normalized spacial score (nSPS) is 12.6. The second-order valence-corrected chi connectivity index (χ2v) is 4.35. The summed E-state index contributed by atoms with van der Waals surface area (Å²) in [6.45, 7) is 0. The van der Waals surface area contributed by atoms with Gasteiger partial charge in [-0.3, -0.25) is 0 Å². The van der Waals surface area contributed by atoms with E-state index >= 15 is 0 Å². The van der Waals surface area contributed by atoms with Gasteiger partial charge in [0.25, 0.3) is 0 Å². The van der Waals surface area contributed by atoms with Gasteiger partial charge in [-0.1, -0.05) is 30.3 Å². The molecule has 2 N–H and O–H groups in total. The second-order valence-electron chi connectivity index (χ2n) is 3.63. The first-order valence-electron chi connectivity index (χ1n) is 5.01. The molecule has 1 aromatic heterocycles. The van der Waals surface area contributed by atoms with Crippen molar-refractivity contribution in [2.45, 2.75) is 18.9 Å². The number of hydrogen-bond donors (Lipinski definition) is 1. The lowest BCUT2D eigenvalue weighted by atomic mass is 10.0. The van der Waals surface area contributed by atoms with Gasteiger partial charge in [-0.2, -0.15) is 0 Å². The number of thiazole rings is 1. The van der Waals surface area contributed by atoms with Crippen molar-refractivity contribution < 1.29 is 0 Å². The molecule has 15 heavy (non-hydrogen) atoms. The Morgan fingerprint density at radius 1 is 1.20 bits per heavy atom. The molecular formula is C12H14N2S. The maximum Gasteiger partial charge on any atom is 0.0794 e. The van der Waals surface area contributed by atoms with Crippen LogP contribution in [-0.2, 0) is 12.8 Å². The topological polar surface area (TPSA) is 38.9 Å². The zero-order chi connectivity index (χ0) is 10.5. The highest BCUT2D eigenvalue weighted by atomic mass is 32.1. The van der Waals surface area contributed by atoms with Crippen molar-refractivity contribution in [3.8, 4) is 0 Å². The third-order valence-electron chi connectivity index (χ3n) is 2.30. The fourth-order valence-corrected chi connectivity index (χ4v) is 2.17. The Hall–Kier alpha value is -1.19. The van der Waals surface area contributed by atoms with Crippen LogP contribution in [0.4, 0.5) is 0 Å². The predicted octanol–water partition coefficient (Wildman–Crippen LogP) is 2.26. The maximum absolute atomic E-state index is 6.06. The Balaban J connectivity index is 1.90. The highest BCUT2D eigenvalue weighted by Gasteiger charge is 2.06. The summed E-state index contributed by atoms with van der Waals surface area (Å²) in [5, 5.41) is 2.06. The van der Waals surface area contributed by atoms with E-state index in [-0.39, 0.29) is 6.04 Å². The van der Waals surface area contributed by atoms with Crippen LogP contribution in [-0.4, -0.2) is 11.0 Å². The largest absolute Gasteiger partial charge is 0.327 e. The van der Waals surface area contributed by atoms with E-state index in [9.17, 15) is 0 Å². The summed E-state index contributed by atoms with van der Waals surface area (Å²) in [6.07, 6.45) is 1.77. The van der Waals surface area contributed by atoms with Crippen LogP contribution < -0.4 is 5.73 Å². The first-order chi connectivity index (χ1) is 7.34. The van der Waals surface area contributed by atoms with Crippen molar-refractivity contribution in [1.29, 1.82) is 0 Å². The Morgan fingerprint density at radius 2 is 2.00 bits per heavy atom. The number of aromatic nitrogens is 1. The third-order valence-corrected chi connectivity index (χ3v) is 2.93. The van der Waals surface area contributed by atoms with E-state index in [0.717, 1.165) is 18.5 Å². The van der Waals surface area contributed by atoms with Gasteiger partial charge in [0.15, 0.2) is 0 Å². The molecule has 1 heterocycles. The molecular weight excluding hydrogens is 204 g/mol. The summed E-state index contributed by atoms with van der Waals surface area (Å²) in [6, 6.07) is 10.5. The van der Waals surface area contributed by atoms with Crippen LogP contribution in [0.25, 0.3) is 0 Å². The average molecular weight is 218 g/mol. The predicted molar refractivity (Wildman–Crippen MR) is 63.9 cm³/mol. The number of nitrogens with zero attached hydrogens (tertiary/aromatic N) is 1. The Morgan fingerprint density at radius 3 is 2.67 bits per heavy atom. The molecule has 2 nitrogen and oxygen atoms in total. The molecule has 0 amide bonds. The van der Waals surface area contributed by atoms with Gasteiger partial charge in [0.05, 0.1) is 11.2 Å². The van der Waals surface area contributed by atoms with Crippen LogP contribution in [0.2, 0.25) is 0 Å². The van der Waals surface area contributed by atoms with Crippen LogP contribution in [0.1, 0.15) is 11.3 Å². The quantitative estimate of drug-likeness (QED) is 0.855. The number of rotatable bonds is 4. The second kappa shape index (κ2) is 5.05. The number of hydrogen-bond acceptors (Lipinski definition) is 3. The first kappa shape index (κ1) is 10.3. The molecule has 0 aliphatic rings. The molecule has 0 spiro atoms. The lowest BCUT2D eigenvalue weighted by Gasteiger charge is -2.09. The van der Waals surface area contributed by atoms with Gasteiger partial charge in [-0.15, -0.1) is 11.3 Å². The van der Waals surface area contributed by atoms with Crippen LogP contribution in [0.5, 0.6) is 0 Å². The van der Waals surface area contributed by atoms with E-state index in [4.69, 9.17) is 5.73 Å². The molecule has 0 fully saturated rings. The summed E-state index contributed by atoms with van der Waals surface area (Å²) in [4.78, 5) is 4.24. The van der Waals surface area contributed by atoms with Gasteiger partial charge in [-0.05, 0) is 12.0 Å². The highest BCUT2D eigenvalue weighted by Crippen LogP contribution is 2.07. The third kappa shape index (κ3) is 3.15. The van der Waals surface area contributed by atoms with Crippen LogP contribution in [0, 0.1) is 0 Å². The molecule has 3 heteroatoms. The number of benzene rings is 1. The summed E-state index contributed by atoms with van der Waals surface area (Å²) in [5.41, 5.74) is 10.3. The molecule has 0 saturated carbocycles.